The van der Waals surface area contributed by atoms with Crippen molar-refractivity contribution in [2.24, 2.45) is 7.05 Å². The van der Waals surface area contributed by atoms with E-state index < -0.39 is 5.76 Å². The van der Waals surface area contributed by atoms with Gasteiger partial charge in [0.2, 0.25) is 0 Å². The Labute approximate surface area is 95.7 Å². The van der Waals surface area contributed by atoms with Crippen LogP contribution in [0.5, 0.6) is 0 Å². The lowest BCUT2D eigenvalue weighted by Gasteiger charge is -2.00. The van der Waals surface area contributed by atoms with Crippen molar-refractivity contribution >= 4 is 16.9 Å². The van der Waals surface area contributed by atoms with Gasteiger partial charge in [0.15, 0.2) is 5.58 Å². The van der Waals surface area contributed by atoms with E-state index in [2.05, 4.69) is 10.1 Å². The number of anilines is 1. The van der Waals surface area contributed by atoms with Crippen LogP contribution in [-0.2, 0) is 7.05 Å². The molecule has 0 saturated heterocycles. The summed E-state index contributed by atoms with van der Waals surface area (Å²) in [7, 11) is 1.77. The standard InChI is InChI=1S/C11H10N4O2/c1-15-10(12)7(5-13-15)6-2-3-9-8(4-6)14-11(16)17-9/h2-5H,12H2,1H3,(H,14,16). The summed E-state index contributed by atoms with van der Waals surface area (Å²) < 4.78 is 6.53. The van der Waals surface area contributed by atoms with Crippen LogP contribution in [0.3, 0.4) is 0 Å². The van der Waals surface area contributed by atoms with Crippen molar-refractivity contribution in [1.29, 1.82) is 0 Å². The maximum absolute atomic E-state index is 11.0. The minimum Gasteiger partial charge on any atom is -0.408 e. The molecule has 0 saturated carbocycles. The number of hydrogen-bond acceptors (Lipinski definition) is 4. The van der Waals surface area contributed by atoms with Gasteiger partial charge in [0.1, 0.15) is 5.82 Å². The lowest BCUT2D eigenvalue weighted by molar-refractivity contribution is 0.555. The second-order valence-electron chi connectivity index (χ2n) is 3.79. The van der Waals surface area contributed by atoms with E-state index >= 15 is 0 Å². The average molecular weight is 230 g/mol. The van der Waals surface area contributed by atoms with E-state index in [0.29, 0.717) is 16.9 Å². The fourth-order valence-corrected chi connectivity index (χ4v) is 1.79. The van der Waals surface area contributed by atoms with Gasteiger partial charge in [-0.2, -0.15) is 5.10 Å². The average Bonchev–Trinajstić information content (AvgIpc) is 2.81. The summed E-state index contributed by atoms with van der Waals surface area (Å²) in [5.74, 6) is 0.117. The largest absolute Gasteiger partial charge is 0.417 e. The van der Waals surface area contributed by atoms with E-state index in [1.165, 1.54) is 0 Å². The van der Waals surface area contributed by atoms with Gasteiger partial charge in [-0.05, 0) is 17.7 Å². The minimum atomic E-state index is -0.462. The monoisotopic (exact) mass is 230 g/mol. The molecule has 0 aliphatic carbocycles. The van der Waals surface area contributed by atoms with Crippen LogP contribution in [0.25, 0.3) is 22.2 Å². The molecule has 86 valence electrons. The van der Waals surface area contributed by atoms with Crippen LogP contribution in [-0.4, -0.2) is 14.8 Å². The summed E-state index contributed by atoms with van der Waals surface area (Å²) in [6.45, 7) is 0. The fourth-order valence-electron chi connectivity index (χ4n) is 1.79. The van der Waals surface area contributed by atoms with E-state index in [0.717, 1.165) is 11.1 Å². The normalized spacial score (nSPS) is 11.1. The molecule has 0 atom stereocenters. The van der Waals surface area contributed by atoms with Gasteiger partial charge in [0, 0.05) is 12.6 Å². The van der Waals surface area contributed by atoms with Crippen molar-refractivity contribution in [3.05, 3.63) is 34.9 Å². The highest BCUT2D eigenvalue weighted by Gasteiger charge is 2.09. The molecular formula is C11H10N4O2. The number of benzene rings is 1. The number of nitrogens with one attached hydrogen (secondary N) is 1. The van der Waals surface area contributed by atoms with Crippen molar-refractivity contribution in [1.82, 2.24) is 14.8 Å². The zero-order chi connectivity index (χ0) is 12.0. The molecule has 0 fully saturated rings. The lowest BCUT2D eigenvalue weighted by atomic mass is 10.1. The van der Waals surface area contributed by atoms with E-state index in [4.69, 9.17) is 10.2 Å². The summed E-state index contributed by atoms with van der Waals surface area (Å²) in [6, 6.07) is 5.38. The third kappa shape index (κ3) is 1.42. The Morgan fingerprint density at radius 3 is 3.00 bits per heavy atom. The highest BCUT2D eigenvalue weighted by molar-refractivity contribution is 5.83. The molecule has 6 nitrogen and oxygen atoms in total. The van der Waals surface area contributed by atoms with Gasteiger partial charge in [-0.3, -0.25) is 9.67 Å². The number of nitrogens with zero attached hydrogens (tertiary/aromatic N) is 2. The SMILES string of the molecule is Cn1ncc(-c2ccc3oc(=O)[nH]c3c2)c1N. The summed E-state index contributed by atoms with van der Waals surface area (Å²) in [6.07, 6.45) is 1.69. The number of fused-ring (bicyclic) bond motifs is 1. The predicted octanol–water partition coefficient (Wildman–Crippen LogP) is 1.10. The Balaban J connectivity index is 2.24. The van der Waals surface area contributed by atoms with Gasteiger partial charge in [0.05, 0.1) is 11.7 Å². The molecule has 0 unspecified atom stereocenters. The van der Waals surface area contributed by atoms with Crippen molar-refractivity contribution in [3.63, 3.8) is 0 Å². The highest BCUT2D eigenvalue weighted by atomic mass is 16.4. The van der Waals surface area contributed by atoms with Crippen LogP contribution in [0.2, 0.25) is 0 Å². The number of hydrogen-bond donors (Lipinski definition) is 2. The van der Waals surface area contributed by atoms with E-state index in [9.17, 15) is 4.79 Å². The third-order valence-electron chi connectivity index (χ3n) is 2.71. The zero-order valence-corrected chi connectivity index (χ0v) is 9.10. The van der Waals surface area contributed by atoms with Crippen LogP contribution in [0.1, 0.15) is 0 Å². The molecule has 0 aliphatic rings. The molecule has 17 heavy (non-hydrogen) atoms. The number of H-pyrrole nitrogens is 1. The first-order valence-electron chi connectivity index (χ1n) is 5.06. The molecule has 0 aliphatic heterocycles. The van der Waals surface area contributed by atoms with Crippen molar-refractivity contribution in [2.45, 2.75) is 0 Å². The van der Waals surface area contributed by atoms with Gasteiger partial charge >= 0.3 is 5.76 Å². The first-order chi connectivity index (χ1) is 8.15. The molecule has 3 aromatic rings. The molecule has 3 N–H and O–H groups in total. The molecule has 0 bridgehead atoms. The number of aromatic nitrogens is 3. The molecule has 0 radical (unpaired) electrons. The van der Waals surface area contributed by atoms with E-state index in [1.54, 1.807) is 24.0 Å². The topological polar surface area (TPSA) is 89.8 Å². The summed E-state index contributed by atoms with van der Waals surface area (Å²) in [5, 5.41) is 4.07. The first kappa shape index (κ1) is 9.71. The Hall–Kier alpha value is -2.50. The quantitative estimate of drug-likeness (QED) is 0.655. The number of aryl methyl sites for hydroxylation is 1. The molecule has 2 heterocycles. The molecule has 2 aromatic heterocycles. The number of oxazole rings is 1. The maximum atomic E-state index is 11.0. The number of nitrogen functional groups attached to an aromatic ring is 1. The Kier molecular flexibility index (Phi) is 1.85. The summed E-state index contributed by atoms with van der Waals surface area (Å²) in [5.41, 5.74) is 8.79. The van der Waals surface area contributed by atoms with E-state index in [-0.39, 0.29) is 0 Å². The van der Waals surface area contributed by atoms with Crippen molar-refractivity contribution in [3.8, 4) is 11.1 Å². The molecule has 0 amide bonds. The van der Waals surface area contributed by atoms with Crippen molar-refractivity contribution < 1.29 is 4.42 Å². The van der Waals surface area contributed by atoms with Crippen LogP contribution >= 0.6 is 0 Å². The Morgan fingerprint density at radius 2 is 2.29 bits per heavy atom. The smallest absolute Gasteiger partial charge is 0.408 e. The summed E-state index contributed by atoms with van der Waals surface area (Å²) >= 11 is 0. The number of aromatic amines is 1. The molecule has 3 rings (SSSR count). The lowest BCUT2D eigenvalue weighted by Crippen LogP contribution is -1.98. The van der Waals surface area contributed by atoms with Crippen LogP contribution in [0.4, 0.5) is 5.82 Å². The van der Waals surface area contributed by atoms with Crippen LogP contribution < -0.4 is 11.5 Å². The third-order valence-corrected chi connectivity index (χ3v) is 2.71. The Morgan fingerprint density at radius 1 is 1.47 bits per heavy atom. The highest BCUT2D eigenvalue weighted by Crippen LogP contribution is 2.27. The van der Waals surface area contributed by atoms with Crippen LogP contribution in [0, 0.1) is 0 Å². The van der Waals surface area contributed by atoms with E-state index in [1.807, 2.05) is 12.1 Å². The second-order valence-corrected chi connectivity index (χ2v) is 3.79. The fraction of sp³-hybridized carbons (Fsp3) is 0.0909. The second kappa shape index (κ2) is 3.24. The van der Waals surface area contributed by atoms with Crippen LogP contribution in [0.15, 0.2) is 33.6 Å². The molecule has 0 spiro atoms. The van der Waals surface area contributed by atoms with Gasteiger partial charge in [-0.25, -0.2) is 4.79 Å². The number of nitrogens with two attached hydrogens (primary N) is 1. The Bertz CT molecular complexity index is 750. The van der Waals surface area contributed by atoms with Gasteiger partial charge in [0.25, 0.3) is 0 Å². The van der Waals surface area contributed by atoms with Gasteiger partial charge < -0.3 is 10.2 Å². The molecule has 6 heteroatoms. The predicted molar refractivity (Wildman–Crippen MR) is 63.4 cm³/mol. The number of rotatable bonds is 1. The summed E-state index contributed by atoms with van der Waals surface area (Å²) in [4.78, 5) is 13.6. The zero-order valence-electron chi connectivity index (χ0n) is 9.10. The van der Waals surface area contributed by atoms with Gasteiger partial charge in [-0.15, -0.1) is 0 Å². The minimum absolute atomic E-state index is 0.462. The molecule has 1 aromatic carbocycles. The maximum Gasteiger partial charge on any atom is 0.417 e. The van der Waals surface area contributed by atoms with Crippen molar-refractivity contribution in [2.75, 3.05) is 5.73 Å². The van der Waals surface area contributed by atoms with Gasteiger partial charge in [-0.1, -0.05) is 6.07 Å². The molecular weight excluding hydrogens is 220 g/mol. The first-order valence-corrected chi connectivity index (χ1v) is 5.06.